The predicted molar refractivity (Wildman–Crippen MR) is 99.6 cm³/mol. The third kappa shape index (κ3) is 3.73. The second kappa shape index (κ2) is 6.58. The maximum absolute atomic E-state index is 6.11. The molecule has 2 N–H and O–H groups in total. The third-order valence-corrected chi connectivity index (χ3v) is 4.09. The van der Waals surface area contributed by atoms with E-state index in [0.29, 0.717) is 31.5 Å². The summed E-state index contributed by atoms with van der Waals surface area (Å²) in [5.74, 6) is 0. The first-order chi connectivity index (χ1) is 10.9. The zero-order chi connectivity index (χ0) is 16.6. The van der Waals surface area contributed by atoms with Gasteiger partial charge in [0.05, 0.1) is 17.6 Å². The summed E-state index contributed by atoms with van der Waals surface area (Å²) >= 11 is 24.4. The molecule has 116 valence electrons. The van der Waals surface area contributed by atoms with Gasteiger partial charge < -0.3 is 5.73 Å². The summed E-state index contributed by atoms with van der Waals surface area (Å²) in [6, 6.07) is 12.4. The lowest BCUT2D eigenvalue weighted by molar-refractivity contribution is 1.33. The van der Waals surface area contributed by atoms with E-state index in [1.165, 1.54) is 0 Å². The minimum atomic E-state index is 0.529. The predicted octanol–water partition coefficient (Wildman–Crippen LogP) is 6.61. The largest absolute Gasteiger partial charge is 0.397 e. The van der Waals surface area contributed by atoms with Gasteiger partial charge in [-0.15, -0.1) is 0 Å². The molecule has 2 aromatic carbocycles. The van der Waals surface area contributed by atoms with Gasteiger partial charge in [-0.3, -0.25) is 4.98 Å². The van der Waals surface area contributed by atoms with Crippen LogP contribution in [0, 0.1) is 0 Å². The molecule has 1 aromatic heterocycles. The van der Waals surface area contributed by atoms with Gasteiger partial charge in [0, 0.05) is 31.2 Å². The van der Waals surface area contributed by atoms with Crippen molar-refractivity contribution in [3.63, 3.8) is 0 Å². The fourth-order valence-electron chi connectivity index (χ4n) is 2.33. The number of benzene rings is 2. The molecule has 0 atom stereocenters. The highest BCUT2D eigenvalue weighted by Gasteiger charge is 2.12. The van der Waals surface area contributed by atoms with E-state index in [-0.39, 0.29) is 0 Å². The van der Waals surface area contributed by atoms with Gasteiger partial charge in [-0.2, -0.15) is 0 Å². The number of aromatic nitrogens is 1. The Morgan fingerprint density at radius 2 is 1.13 bits per heavy atom. The topological polar surface area (TPSA) is 38.9 Å². The Hall–Kier alpha value is -1.45. The van der Waals surface area contributed by atoms with Crippen LogP contribution in [-0.2, 0) is 0 Å². The Labute approximate surface area is 153 Å². The molecule has 0 bridgehead atoms. The van der Waals surface area contributed by atoms with Gasteiger partial charge in [-0.25, -0.2) is 0 Å². The van der Waals surface area contributed by atoms with E-state index in [1.54, 1.807) is 42.6 Å². The second-order valence-corrected chi connectivity index (χ2v) is 6.73. The van der Waals surface area contributed by atoms with Crippen molar-refractivity contribution in [2.24, 2.45) is 0 Å². The van der Waals surface area contributed by atoms with Crippen molar-refractivity contribution in [2.45, 2.75) is 0 Å². The molecule has 0 saturated carbocycles. The van der Waals surface area contributed by atoms with Crippen LogP contribution in [0.4, 0.5) is 5.69 Å². The molecule has 1 heterocycles. The summed E-state index contributed by atoms with van der Waals surface area (Å²) in [4.78, 5) is 4.44. The fraction of sp³-hybridized carbons (Fsp3) is 0. The third-order valence-electron chi connectivity index (χ3n) is 3.22. The summed E-state index contributed by atoms with van der Waals surface area (Å²) in [5.41, 5.74) is 9.53. The number of nitrogens with two attached hydrogens (primary N) is 1. The van der Waals surface area contributed by atoms with Crippen LogP contribution in [0.2, 0.25) is 20.1 Å². The highest BCUT2D eigenvalue weighted by Crippen LogP contribution is 2.36. The Morgan fingerprint density at radius 3 is 1.65 bits per heavy atom. The molecule has 0 spiro atoms. The number of pyridine rings is 1. The molecule has 0 aliphatic carbocycles. The number of hydrogen-bond acceptors (Lipinski definition) is 2. The van der Waals surface area contributed by atoms with Gasteiger partial charge in [0.25, 0.3) is 0 Å². The number of anilines is 1. The summed E-state index contributed by atoms with van der Waals surface area (Å²) < 4.78 is 0. The van der Waals surface area contributed by atoms with Crippen LogP contribution in [0.3, 0.4) is 0 Å². The van der Waals surface area contributed by atoms with Crippen LogP contribution in [0.1, 0.15) is 0 Å². The zero-order valence-electron chi connectivity index (χ0n) is 11.7. The van der Waals surface area contributed by atoms with E-state index in [2.05, 4.69) is 4.98 Å². The maximum atomic E-state index is 6.11. The van der Waals surface area contributed by atoms with Crippen molar-refractivity contribution in [3.8, 4) is 22.4 Å². The van der Waals surface area contributed by atoms with Gasteiger partial charge in [0.2, 0.25) is 0 Å². The SMILES string of the molecule is Nc1cnc(-c2cc(Cl)cc(Cl)c2)c(-c2cc(Cl)cc(Cl)c2)c1. The lowest BCUT2D eigenvalue weighted by atomic mass is 9.99. The average Bonchev–Trinajstić information content (AvgIpc) is 2.45. The molecular weight excluding hydrogens is 374 g/mol. The number of halogens is 4. The van der Waals surface area contributed by atoms with Gasteiger partial charge >= 0.3 is 0 Å². The average molecular weight is 384 g/mol. The van der Waals surface area contributed by atoms with Crippen molar-refractivity contribution in [1.82, 2.24) is 4.98 Å². The van der Waals surface area contributed by atoms with E-state index in [9.17, 15) is 0 Å². The number of nitrogens with zero attached hydrogens (tertiary/aromatic N) is 1. The number of hydrogen-bond donors (Lipinski definition) is 1. The lowest BCUT2D eigenvalue weighted by Crippen LogP contribution is -1.94. The summed E-state index contributed by atoms with van der Waals surface area (Å²) in [6.07, 6.45) is 1.58. The highest BCUT2D eigenvalue weighted by atomic mass is 35.5. The molecule has 3 rings (SSSR count). The van der Waals surface area contributed by atoms with Crippen LogP contribution < -0.4 is 5.73 Å². The van der Waals surface area contributed by atoms with Gasteiger partial charge in [0.15, 0.2) is 0 Å². The minimum Gasteiger partial charge on any atom is -0.397 e. The van der Waals surface area contributed by atoms with Gasteiger partial charge in [-0.05, 0) is 48.0 Å². The molecule has 0 aliphatic heterocycles. The number of nitrogen functional groups attached to an aromatic ring is 1. The van der Waals surface area contributed by atoms with Crippen molar-refractivity contribution in [3.05, 3.63) is 68.8 Å². The Morgan fingerprint density at radius 1 is 0.652 bits per heavy atom. The van der Waals surface area contributed by atoms with Crippen LogP contribution in [0.5, 0.6) is 0 Å². The molecule has 0 fully saturated rings. The van der Waals surface area contributed by atoms with Crippen molar-refractivity contribution in [2.75, 3.05) is 5.73 Å². The van der Waals surface area contributed by atoms with E-state index in [0.717, 1.165) is 16.7 Å². The van der Waals surface area contributed by atoms with Crippen LogP contribution in [-0.4, -0.2) is 4.98 Å². The molecule has 0 radical (unpaired) electrons. The standard InChI is InChI=1S/C17H10Cl4N2/c18-11-1-9(2-12(19)5-11)16-7-15(22)8-23-17(16)10-3-13(20)6-14(21)4-10/h1-8H,22H2. The van der Waals surface area contributed by atoms with Crippen molar-refractivity contribution >= 4 is 52.1 Å². The fourth-order valence-corrected chi connectivity index (χ4v) is 3.38. The van der Waals surface area contributed by atoms with E-state index in [1.807, 2.05) is 6.07 Å². The number of rotatable bonds is 2. The van der Waals surface area contributed by atoms with Crippen LogP contribution in [0.15, 0.2) is 48.7 Å². The molecule has 23 heavy (non-hydrogen) atoms. The minimum absolute atomic E-state index is 0.529. The molecule has 0 saturated heterocycles. The maximum Gasteiger partial charge on any atom is 0.0783 e. The molecule has 0 amide bonds. The van der Waals surface area contributed by atoms with Crippen LogP contribution >= 0.6 is 46.4 Å². The molecule has 2 nitrogen and oxygen atoms in total. The van der Waals surface area contributed by atoms with E-state index in [4.69, 9.17) is 52.1 Å². The van der Waals surface area contributed by atoms with Crippen LogP contribution in [0.25, 0.3) is 22.4 Å². The van der Waals surface area contributed by atoms with Gasteiger partial charge in [-0.1, -0.05) is 46.4 Å². The first kappa shape index (κ1) is 16.4. The summed E-state index contributed by atoms with van der Waals surface area (Å²) in [7, 11) is 0. The quantitative estimate of drug-likeness (QED) is 0.540. The summed E-state index contributed by atoms with van der Waals surface area (Å²) in [5, 5.41) is 2.12. The first-order valence-electron chi connectivity index (χ1n) is 6.61. The lowest BCUT2D eigenvalue weighted by Gasteiger charge is -2.12. The molecule has 0 aliphatic rings. The molecule has 0 unspecified atom stereocenters. The van der Waals surface area contributed by atoms with Gasteiger partial charge in [0.1, 0.15) is 0 Å². The molecular formula is C17H10Cl4N2. The highest BCUT2D eigenvalue weighted by molar-refractivity contribution is 6.35. The van der Waals surface area contributed by atoms with Crippen molar-refractivity contribution in [1.29, 1.82) is 0 Å². The van der Waals surface area contributed by atoms with Crippen molar-refractivity contribution < 1.29 is 0 Å². The Balaban J connectivity index is 2.26. The monoisotopic (exact) mass is 382 g/mol. The first-order valence-corrected chi connectivity index (χ1v) is 8.12. The Bertz CT molecular complexity index is 853. The Kier molecular flexibility index (Phi) is 4.69. The second-order valence-electron chi connectivity index (χ2n) is 4.98. The summed E-state index contributed by atoms with van der Waals surface area (Å²) in [6.45, 7) is 0. The normalized spacial score (nSPS) is 10.8. The smallest absolute Gasteiger partial charge is 0.0783 e. The zero-order valence-corrected chi connectivity index (χ0v) is 14.7. The van der Waals surface area contributed by atoms with E-state index >= 15 is 0 Å². The molecule has 6 heteroatoms. The van der Waals surface area contributed by atoms with E-state index < -0.39 is 0 Å². The molecule has 3 aromatic rings.